The molecule has 7 heteroatoms. The number of aryl methyl sites for hydroxylation is 1. The first kappa shape index (κ1) is 13.0. The Hall–Kier alpha value is -2.02. The van der Waals surface area contributed by atoms with Crippen LogP contribution >= 0.6 is 0 Å². The molecule has 0 unspecified atom stereocenters. The third-order valence-electron chi connectivity index (χ3n) is 2.30. The van der Waals surface area contributed by atoms with Gasteiger partial charge in [-0.15, -0.1) is 0 Å². The van der Waals surface area contributed by atoms with Crippen LogP contribution in [0.4, 0.5) is 5.69 Å². The number of carbonyl (C=O) groups excluding carboxylic acids is 1. The molecule has 0 aliphatic carbocycles. The Balaban J connectivity index is 2.86. The lowest BCUT2D eigenvalue weighted by atomic mass is 10.1. The first-order chi connectivity index (χ1) is 7.95. The Bertz CT molecular complexity index is 447. The molecule has 1 heterocycles. The molecule has 0 fully saturated rings. The number of methoxy groups -OCH3 is 1. The van der Waals surface area contributed by atoms with Crippen LogP contribution in [0, 0.1) is 17.0 Å². The highest BCUT2D eigenvalue weighted by atomic mass is 16.6. The summed E-state index contributed by atoms with van der Waals surface area (Å²) in [5.74, 6) is -0.537. The molecule has 1 aromatic rings. The Morgan fingerprint density at radius 2 is 2.35 bits per heavy atom. The maximum Gasteiger partial charge on any atom is 0.323 e. The van der Waals surface area contributed by atoms with Crippen LogP contribution in [0.15, 0.2) is 12.3 Å². The second-order valence-corrected chi connectivity index (χ2v) is 3.55. The van der Waals surface area contributed by atoms with E-state index in [1.165, 1.54) is 13.2 Å². The van der Waals surface area contributed by atoms with E-state index in [1.807, 2.05) is 0 Å². The van der Waals surface area contributed by atoms with Crippen LogP contribution in [0.3, 0.4) is 0 Å². The number of ether oxygens (including phenoxy) is 1. The van der Waals surface area contributed by atoms with E-state index in [0.717, 1.165) is 6.20 Å². The van der Waals surface area contributed by atoms with Gasteiger partial charge in [0.25, 0.3) is 5.69 Å². The fourth-order valence-corrected chi connectivity index (χ4v) is 1.34. The van der Waals surface area contributed by atoms with E-state index in [0.29, 0.717) is 11.3 Å². The molecule has 1 atom stereocenters. The van der Waals surface area contributed by atoms with Crippen LogP contribution in [-0.4, -0.2) is 29.0 Å². The number of hydrogen-bond acceptors (Lipinski definition) is 6. The first-order valence-corrected chi connectivity index (χ1v) is 4.89. The molecule has 92 valence electrons. The van der Waals surface area contributed by atoms with Crippen molar-refractivity contribution in [3.8, 4) is 0 Å². The van der Waals surface area contributed by atoms with Gasteiger partial charge in [-0.2, -0.15) is 0 Å². The number of nitrogens with zero attached hydrogens (tertiary/aromatic N) is 2. The van der Waals surface area contributed by atoms with Gasteiger partial charge < -0.3 is 10.5 Å². The normalized spacial score (nSPS) is 11.9. The second kappa shape index (κ2) is 5.35. The summed E-state index contributed by atoms with van der Waals surface area (Å²) in [6.07, 6.45) is 1.34. The van der Waals surface area contributed by atoms with Crippen molar-refractivity contribution in [2.75, 3.05) is 7.11 Å². The summed E-state index contributed by atoms with van der Waals surface area (Å²) in [6, 6.07) is 0.583. The molecular weight excluding hydrogens is 226 g/mol. The molecule has 0 bridgehead atoms. The summed E-state index contributed by atoms with van der Waals surface area (Å²) in [5.41, 5.74) is 6.67. The lowest BCUT2D eigenvalue weighted by Crippen LogP contribution is -2.34. The van der Waals surface area contributed by atoms with Crippen LogP contribution in [0.2, 0.25) is 0 Å². The maximum absolute atomic E-state index is 11.1. The summed E-state index contributed by atoms with van der Waals surface area (Å²) < 4.78 is 4.49. The van der Waals surface area contributed by atoms with Gasteiger partial charge in [-0.25, -0.2) is 0 Å². The molecule has 0 aliphatic heterocycles. The van der Waals surface area contributed by atoms with E-state index >= 15 is 0 Å². The van der Waals surface area contributed by atoms with Crippen molar-refractivity contribution >= 4 is 11.7 Å². The number of aromatic nitrogens is 1. The van der Waals surface area contributed by atoms with Crippen molar-refractivity contribution < 1.29 is 14.5 Å². The van der Waals surface area contributed by atoms with Gasteiger partial charge in [0.05, 0.1) is 12.0 Å². The Morgan fingerprint density at radius 1 is 1.71 bits per heavy atom. The van der Waals surface area contributed by atoms with Gasteiger partial charge in [0.1, 0.15) is 12.2 Å². The highest BCUT2D eigenvalue weighted by molar-refractivity contribution is 5.75. The topological polar surface area (TPSA) is 108 Å². The van der Waals surface area contributed by atoms with Crippen LogP contribution in [0.25, 0.3) is 0 Å². The van der Waals surface area contributed by atoms with Crippen LogP contribution in [0.5, 0.6) is 0 Å². The van der Waals surface area contributed by atoms with Gasteiger partial charge in [-0.05, 0) is 12.5 Å². The lowest BCUT2D eigenvalue weighted by Gasteiger charge is -2.10. The van der Waals surface area contributed by atoms with E-state index in [2.05, 4.69) is 9.72 Å². The minimum atomic E-state index is -0.812. The van der Waals surface area contributed by atoms with Gasteiger partial charge in [-0.3, -0.25) is 19.9 Å². The molecule has 1 rings (SSSR count). The Morgan fingerprint density at radius 3 is 2.82 bits per heavy atom. The van der Waals surface area contributed by atoms with E-state index < -0.39 is 16.9 Å². The van der Waals surface area contributed by atoms with Crippen molar-refractivity contribution in [2.24, 2.45) is 5.73 Å². The smallest absolute Gasteiger partial charge is 0.323 e. The van der Waals surface area contributed by atoms with Gasteiger partial charge in [0.2, 0.25) is 0 Å². The molecule has 0 saturated heterocycles. The van der Waals surface area contributed by atoms with Crippen molar-refractivity contribution in [1.82, 2.24) is 4.98 Å². The molecule has 0 saturated carbocycles. The second-order valence-electron chi connectivity index (χ2n) is 3.55. The standard InChI is InChI=1S/C10H13N3O4/c1-6-3-7(13(15)16)5-12-9(6)4-8(11)10(14)17-2/h3,5,8H,4,11H2,1-2H3/t8-/m0/s1. The Labute approximate surface area is 97.7 Å². The fraction of sp³-hybridized carbons (Fsp3) is 0.400. The lowest BCUT2D eigenvalue weighted by molar-refractivity contribution is -0.385. The molecule has 17 heavy (non-hydrogen) atoms. The molecule has 0 aromatic carbocycles. The third-order valence-corrected chi connectivity index (χ3v) is 2.30. The highest BCUT2D eigenvalue weighted by Gasteiger charge is 2.17. The number of pyridine rings is 1. The van der Waals surface area contributed by atoms with Crippen LogP contribution in [0.1, 0.15) is 11.3 Å². The summed E-state index contributed by atoms with van der Waals surface area (Å²) in [6.45, 7) is 1.68. The summed E-state index contributed by atoms with van der Waals surface area (Å²) in [7, 11) is 1.25. The minimum absolute atomic E-state index is 0.0853. The monoisotopic (exact) mass is 239 g/mol. The number of nitro groups is 1. The van der Waals surface area contributed by atoms with Gasteiger partial charge in [0.15, 0.2) is 0 Å². The highest BCUT2D eigenvalue weighted by Crippen LogP contribution is 2.15. The van der Waals surface area contributed by atoms with E-state index in [1.54, 1.807) is 6.92 Å². The maximum atomic E-state index is 11.1. The largest absolute Gasteiger partial charge is 0.468 e. The first-order valence-electron chi connectivity index (χ1n) is 4.89. The van der Waals surface area contributed by atoms with Gasteiger partial charge in [0, 0.05) is 18.2 Å². The van der Waals surface area contributed by atoms with Crippen LogP contribution in [-0.2, 0) is 16.0 Å². The zero-order valence-corrected chi connectivity index (χ0v) is 9.54. The molecule has 0 amide bonds. The van der Waals surface area contributed by atoms with Gasteiger partial charge in [-0.1, -0.05) is 0 Å². The number of carbonyl (C=O) groups is 1. The zero-order valence-electron chi connectivity index (χ0n) is 9.54. The predicted molar refractivity (Wildman–Crippen MR) is 59.3 cm³/mol. The fourth-order valence-electron chi connectivity index (χ4n) is 1.34. The van der Waals surface area contributed by atoms with E-state index in [-0.39, 0.29) is 12.1 Å². The molecule has 7 nitrogen and oxygen atoms in total. The van der Waals surface area contributed by atoms with Crippen molar-refractivity contribution in [3.05, 3.63) is 33.6 Å². The predicted octanol–water partition coefficient (Wildman–Crippen LogP) is 0.341. The van der Waals surface area contributed by atoms with Crippen molar-refractivity contribution in [1.29, 1.82) is 0 Å². The molecular formula is C10H13N3O4. The van der Waals surface area contributed by atoms with Gasteiger partial charge >= 0.3 is 5.97 Å². The van der Waals surface area contributed by atoms with E-state index in [4.69, 9.17) is 5.73 Å². The number of esters is 1. The molecule has 1 aromatic heterocycles. The average Bonchev–Trinajstić information content (AvgIpc) is 2.30. The Kier molecular flexibility index (Phi) is 4.11. The number of nitrogens with two attached hydrogens (primary N) is 1. The number of hydrogen-bond donors (Lipinski definition) is 1. The minimum Gasteiger partial charge on any atom is -0.468 e. The zero-order chi connectivity index (χ0) is 13.0. The molecule has 0 radical (unpaired) electrons. The number of rotatable bonds is 4. The quantitative estimate of drug-likeness (QED) is 0.461. The third kappa shape index (κ3) is 3.22. The molecule has 2 N–H and O–H groups in total. The van der Waals surface area contributed by atoms with Crippen LogP contribution < -0.4 is 5.73 Å². The van der Waals surface area contributed by atoms with Crippen molar-refractivity contribution in [2.45, 2.75) is 19.4 Å². The van der Waals surface area contributed by atoms with Crippen molar-refractivity contribution in [3.63, 3.8) is 0 Å². The average molecular weight is 239 g/mol. The summed E-state index contributed by atoms with van der Waals surface area (Å²) in [4.78, 5) is 25.0. The summed E-state index contributed by atoms with van der Waals surface area (Å²) >= 11 is 0. The SMILES string of the molecule is COC(=O)[C@@H](N)Cc1ncc([N+](=O)[O-])cc1C. The van der Waals surface area contributed by atoms with E-state index in [9.17, 15) is 14.9 Å². The molecule has 0 aliphatic rings. The summed E-state index contributed by atoms with van der Waals surface area (Å²) in [5, 5.41) is 10.5. The molecule has 0 spiro atoms.